The number of halogens is 4. The number of aromatic nitrogens is 2. The minimum absolute atomic E-state index is 0.224. The van der Waals surface area contributed by atoms with Crippen molar-refractivity contribution in [2.24, 2.45) is 5.73 Å². The maximum Gasteiger partial charge on any atom is 0.471 e. The summed E-state index contributed by atoms with van der Waals surface area (Å²) in [6.45, 7) is 1.74. The van der Waals surface area contributed by atoms with E-state index >= 15 is 0 Å². The van der Waals surface area contributed by atoms with Crippen LogP contribution in [0.15, 0.2) is 22.7 Å². The zero-order valence-corrected chi connectivity index (χ0v) is 10.5. The maximum atomic E-state index is 12.3. The van der Waals surface area contributed by atoms with Crippen LogP contribution in [0.4, 0.5) is 13.2 Å². The quantitative estimate of drug-likeness (QED) is 0.923. The second-order valence-corrected chi connectivity index (χ2v) is 4.37. The lowest BCUT2D eigenvalue weighted by Crippen LogP contribution is -2.15. The van der Waals surface area contributed by atoms with Gasteiger partial charge in [-0.25, -0.2) is 0 Å². The minimum Gasteiger partial charge on any atom is -0.329 e. The van der Waals surface area contributed by atoms with E-state index in [0.29, 0.717) is 10.6 Å². The molecule has 2 rings (SSSR count). The van der Waals surface area contributed by atoms with E-state index in [1.54, 1.807) is 25.1 Å². The number of hydrogen-bond acceptors (Lipinski definition) is 4. The number of alkyl halides is 3. The smallest absolute Gasteiger partial charge is 0.329 e. The molecule has 0 amide bonds. The summed E-state index contributed by atoms with van der Waals surface area (Å²) >= 11 is 5.79. The summed E-state index contributed by atoms with van der Waals surface area (Å²) in [5, 5.41) is 3.77. The van der Waals surface area contributed by atoms with Gasteiger partial charge in [-0.2, -0.15) is 18.2 Å². The highest BCUT2D eigenvalue weighted by Crippen LogP contribution is 2.29. The van der Waals surface area contributed by atoms with Crippen LogP contribution in [0.5, 0.6) is 0 Å². The van der Waals surface area contributed by atoms with Gasteiger partial charge in [0.25, 0.3) is 0 Å². The van der Waals surface area contributed by atoms with Crippen LogP contribution in [0.25, 0.3) is 0 Å². The summed E-state index contributed by atoms with van der Waals surface area (Å²) in [7, 11) is 0. The number of nitrogens with zero attached hydrogens (tertiary/aromatic N) is 2. The van der Waals surface area contributed by atoms with Crippen LogP contribution < -0.4 is 5.73 Å². The standard InChI is InChI=1S/C11H9ClF3N3O/c1-5-4-6(12)2-3-7(5)8(16)9-17-10(19-18-9)11(13,14)15/h2-4,8H,16H2,1H3. The summed E-state index contributed by atoms with van der Waals surface area (Å²) in [4.78, 5) is 3.26. The van der Waals surface area contributed by atoms with Crippen LogP contribution in [0.2, 0.25) is 5.02 Å². The second kappa shape index (κ2) is 4.82. The third-order valence-electron chi connectivity index (χ3n) is 2.53. The van der Waals surface area contributed by atoms with Gasteiger partial charge in [-0.1, -0.05) is 22.8 Å². The number of nitrogens with two attached hydrogens (primary N) is 1. The van der Waals surface area contributed by atoms with Crippen molar-refractivity contribution in [2.45, 2.75) is 19.1 Å². The third kappa shape index (κ3) is 2.87. The average Bonchev–Trinajstić information content (AvgIpc) is 2.76. The fourth-order valence-corrected chi connectivity index (χ4v) is 1.83. The molecule has 8 heteroatoms. The molecule has 0 saturated carbocycles. The molecule has 1 unspecified atom stereocenters. The molecular formula is C11H9ClF3N3O. The van der Waals surface area contributed by atoms with Gasteiger partial charge in [0, 0.05) is 5.02 Å². The SMILES string of the molecule is Cc1cc(Cl)ccc1C(N)c1noc(C(F)(F)F)n1. The van der Waals surface area contributed by atoms with Crippen LogP contribution in [0.1, 0.15) is 28.9 Å². The molecule has 0 fully saturated rings. The van der Waals surface area contributed by atoms with E-state index < -0.39 is 18.1 Å². The molecule has 4 nitrogen and oxygen atoms in total. The van der Waals surface area contributed by atoms with Crippen LogP contribution >= 0.6 is 11.6 Å². The van der Waals surface area contributed by atoms with Gasteiger partial charge in [-0.3, -0.25) is 0 Å². The molecule has 1 aromatic heterocycles. The molecule has 1 heterocycles. The summed E-state index contributed by atoms with van der Waals surface area (Å²) in [5.41, 5.74) is 7.15. The third-order valence-corrected chi connectivity index (χ3v) is 2.76. The first-order chi connectivity index (χ1) is 8.79. The maximum absolute atomic E-state index is 12.3. The van der Waals surface area contributed by atoms with Crippen LogP contribution in [0, 0.1) is 6.92 Å². The van der Waals surface area contributed by atoms with E-state index in [1.807, 2.05) is 0 Å². The molecule has 0 radical (unpaired) electrons. The number of hydrogen-bond donors (Lipinski definition) is 1. The molecule has 19 heavy (non-hydrogen) atoms. The van der Waals surface area contributed by atoms with Gasteiger partial charge in [0.1, 0.15) is 0 Å². The minimum atomic E-state index is -4.68. The van der Waals surface area contributed by atoms with E-state index in [-0.39, 0.29) is 5.82 Å². The topological polar surface area (TPSA) is 64.9 Å². The fourth-order valence-electron chi connectivity index (χ4n) is 1.60. The Bertz CT molecular complexity index is 597. The highest BCUT2D eigenvalue weighted by molar-refractivity contribution is 6.30. The number of rotatable bonds is 2. The molecule has 102 valence electrons. The molecule has 0 saturated heterocycles. The molecule has 0 spiro atoms. The van der Waals surface area contributed by atoms with Gasteiger partial charge in [-0.05, 0) is 30.2 Å². The fraction of sp³-hybridized carbons (Fsp3) is 0.273. The number of benzene rings is 1. The second-order valence-electron chi connectivity index (χ2n) is 3.93. The lowest BCUT2D eigenvalue weighted by molar-refractivity contribution is -0.159. The summed E-state index contributed by atoms with van der Waals surface area (Å²) in [5.74, 6) is -1.64. The summed E-state index contributed by atoms with van der Waals surface area (Å²) in [6, 6.07) is 3.96. The van der Waals surface area contributed by atoms with E-state index in [4.69, 9.17) is 17.3 Å². The van der Waals surface area contributed by atoms with Crippen molar-refractivity contribution in [3.63, 3.8) is 0 Å². The van der Waals surface area contributed by atoms with Crippen LogP contribution in [-0.2, 0) is 6.18 Å². The van der Waals surface area contributed by atoms with E-state index in [2.05, 4.69) is 14.7 Å². The van der Waals surface area contributed by atoms with Crippen LogP contribution in [0.3, 0.4) is 0 Å². The Balaban J connectivity index is 2.34. The highest BCUT2D eigenvalue weighted by Gasteiger charge is 2.39. The Morgan fingerprint density at radius 2 is 2.05 bits per heavy atom. The lowest BCUT2D eigenvalue weighted by atomic mass is 10.0. The van der Waals surface area contributed by atoms with Gasteiger partial charge in [-0.15, -0.1) is 0 Å². The van der Waals surface area contributed by atoms with Crippen molar-refractivity contribution in [1.82, 2.24) is 10.1 Å². The molecule has 2 N–H and O–H groups in total. The molecule has 1 atom stereocenters. The van der Waals surface area contributed by atoms with E-state index in [1.165, 1.54) is 0 Å². The first kappa shape index (κ1) is 13.8. The zero-order valence-electron chi connectivity index (χ0n) is 9.70. The van der Waals surface area contributed by atoms with Crippen molar-refractivity contribution in [3.05, 3.63) is 46.1 Å². The molecule has 0 aliphatic carbocycles. The first-order valence-corrected chi connectivity index (χ1v) is 5.59. The molecule has 1 aromatic carbocycles. The average molecular weight is 292 g/mol. The van der Waals surface area contributed by atoms with E-state index in [0.717, 1.165) is 5.56 Å². The van der Waals surface area contributed by atoms with Crippen molar-refractivity contribution < 1.29 is 17.7 Å². The zero-order chi connectivity index (χ0) is 14.2. The predicted octanol–water partition coefficient (Wildman–Crippen LogP) is 3.10. The molecule has 0 bridgehead atoms. The number of aryl methyl sites for hydroxylation is 1. The monoisotopic (exact) mass is 291 g/mol. The van der Waals surface area contributed by atoms with Crippen molar-refractivity contribution in [1.29, 1.82) is 0 Å². The highest BCUT2D eigenvalue weighted by atomic mass is 35.5. The molecule has 0 aliphatic heterocycles. The molecule has 2 aromatic rings. The Hall–Kier alpha value is -1.60. The molecular weight excluding hydrogens is 283 g/mol. The summed E-state index contributed by atoms with van der Waals surface area (Å²) < 4.78 is 41.2. The first-order valence-electron chi connectivity index (χ1n) is 5.21. The Morgan fingerprint density at radius 1 is 1.37 bits per heavy atom. The normalized spacial score (nSPS) is 13.6. The Labute approximate surface area is 111 Å². The van der Waals surface area contributed by atoms with Gasteiger partial charge in [0.05, 0.1) is 6.04 Å². The van der Waals surface area contributed by atoms with Gasteiger partial charge >= 0.3 is 12.1 Å². The predicted molar refractivity (Wildman–Crippen MR) is 61.5 cm³/mol. The summed E-state index contributed by atoms with van der Waals surface area (Å²) in [6.07, 6.45) is -4.68. The van der Waals surface area contributed by atoms with Crippen molar-refractivity contribution in [3.8, 4) is 0 Å². The molecule has 0 aliphatic rings. The van der Waals surface area contributed by atoms with E-state index in [9.17, 15) is 13.2 Å². The Kier molecular flexibility index (Phi) is 3.51. The van der Waals surface area contributed by atoms with Gasteiger partial charge in [0.2, 0.25) is 0 Å². The van der Waals surface area contributed by atoms with Crippen molar-refractivity contribution in [2.75, 3.05) is 0 Å². The Morgan fingerprint density at radius 3 is 2.58 bits per heavy atom. The lowest BCUT2D eigenvalue weighted by Gasteiger charge is -2.11. The van der Waals surface area contributed by atoms with Crippen LogP contribution in [-0.4, -0.2) is 10.1 Å². The van der Waals surface area contributed by atoms with Crippen molar-refractivity contribution >= 4 is 11.6 Å². The largest absolute Gasteiger partial charge is 0.471 e. The van der Waals surface area contributed by atoms with Gasteiger partial charge in [0.15, 0.2) is 5.82 Å². The van der Waals surface area contributed by atoms with Gasteiger partial charge < -0.3 is 10.3 Å².